The number of carbonyl (C=O) groups excluding carboxylic acids is 1. The Morgan fingerprint density at radius 3 is 2.47 bits per heavy atom. The van der Waals surface area contributed by atoms with Crippen molar-refractivity contribution in [3.8, 4) is 17.2 Å². The van der Waals surface area contributed by atoms with E-state index in [9.17, 15) is 14.7 Å². The van der Waals surface area contributed by atoms with Crippen LogP contribution in [0, 0.1) is 11.2 Å². The number of rotatable bonds is 10. The molecule has 38 heavy (non-hydrogen) atoms. The molecule has 2 aromatic carbocycles. The van der Waals surface area contributed by atoms with Crippen molar-refractivity contribution in [2.24, 2.45) is 0 Å². The van der Waals surface area contributed by atoms with Crippen LogP contribution in [0.3, 0.4) is 0 Å². The van der Waals surface area contributed by atoms with Gasteiger partial charge in [0.1, 0.15) is 24.7 Å². The van der Waals surface area contributed by atoms with Gasteiger partial charge in [0.05, 0.1) is 37.6 Å². The average Bonchev–Trinajstić information content (AvgIpc) is 3.15. The van der Waals surface area contributed by atoms with Crippen molar-refractivity contribution in [1.82, 2.24) is 4.90 Å². The van der Waals surface area contributed by atoms with Crippen molar-refractivity contribution in [3.05, 3.63) is 46.3 Å². The highest BCUT2D eigenvalue weighted by molar-refractivity contribution is 8.93. The zero-order chi connectivity index (χ0) is 26.9. The highest BCUT2D eigenvalue weighted by Crippen LogP contribution is 2.41. The fraction of sp³-hybridized carbons (Fsp3) is 0.444. The van der Waals surface area contributed by atoms with Gasteiger partial charge in [-0.3, -0.25) is 15.0 Å². The van der Waals surface area contributed by atoms with Gasteiger partial charge < -0.3 is 29.1 Å². The minimum atomic E-state index is -0.973. The molecule has 0 atom stereocenters. The minimum absolute atomic E-state index is 0. The normalized spacial score (nSPS) is 14.0. The second-order valence-corrected chi connectivity index (χ2v) is 9.28. The average molecular weight is 594 g/mol. The number of carbonyl (C=O) groups is 2. The van der Waals surface area contributed by atoms with Crippen LogP contribution in [0.1, 0.15) is 60.7 Å². The number of nitrogens with zero attached hydrogens (tertiary/aromatic N) is 2. The number of halogens is 2. The molecule has 2 N–H and O–H groups in total. The molecule has 0 amide bonds. The third kappa shape index (κ3) is 5.57. The number of nitrogens with one attached hydrogen (secondary N) is 1. The molecule has 206 valence electrons. The van der Waals surface area contributed by atoms with Crippen LogP contribution in [0.4, 0.5) is 10.1 Å². The van der Waals surface area contributed by atoms with E-state index < -0.39 is 11.8 Å². The number of benzene rings is 2. The van der Waals surface area contributed by atoms with Crippen LogP contribution < -0.4 is 19.1 Å². The van der Waals surface area contributed by atoms with Gasteiger partial charge >= 0.3 is 5.97 Å². The Kier molecular flexibility index (Phi) is 9.24. The van der Waals surface area contributed by atoms with Crippen LogP contribution in [0.15, 0.2) is 18.2 Å². The van der Waals surface area contributed by atoms with Gasteiger partial charge in [-0.2, -0.15) is 0 Å². The van der Waals surface area contributed by atoms with Crippen LogP contribution >= 0.6 is 17.0 Å². The first-order chi connectivity index (χ1) is 17.7. The van der Waals surface area contributed by atoms with Crippen molar-refractivity contribution in [2.75, 3.05) is 44.4 Å². The Bertz CT molecular complexity index is 1250. The number of carboxylic acids is 1. The summed E-state index contributed by atoms with van der Waals surface area (Å²) in [7, 11) is 0. The minimum Gasteiger partial charge on any atom is -0.490 e. The molecule has 2 aliphatic rings. The number of anilines is 1. The van der Waals surface area contributed by atoms with Crippen molar-refractivity contribution in [1.29, 1.82) is 5.41 Å². The monoisotopic (exact) mass is 593 g/mol. The zero-order valence-electron chi connectivity index (χ0n) is 21.9. The summed E-state index contributed by atoms with van der Waals surface area (Å²) in [6.07, 6.45) is 0. The fourth-order valence-corrected chi connectivity index (χ4v) is 4.75. The van der Waals surface area contributed by atoms with Gasteiger partial charge in [0.25, 0.3) is 0 Å². The van der Waals surface area contributed by atoms with E-state index >= 15 is 4.39 Å². The van der Waals surface area contributed by atoms with Crippen molar-refractivity contribution >= 4 is 40.3 Å². The largest absolute Gasteiger partial charge is 0.490 e. The standard InChI is InChI=1S/C27H32FN3O6.BrH/c1-5-35-21-11-17-12-31(27(29)23(17)24(28)26(21)36-6-2)13-20(32)16-9-18(15(3)4)25-19(10-16)30(7-8-37-25)14-22(33)34;/h9-11,15,29H,5-8,12-14H2,1-4H3,(H,33,34);1H. The summed E-state index contributed by atoms with van der Waals surface area (Å²) in [6, 6.07) is 5.09. The molecule has 9 nitrogen and oxygen atoms in total. The van der Waals surface area contributed by atoms with Crippen molar-refractivity contribution < 1.29 is 33.3 Å². The molecule has 2 aromatic rings. The Morgan fingerprint density at radius 1 is 1.13 bits per heavy atom. The molecule has 0 saturated carbocycles. The third-order valence-electron chi connectivity index (χ3n) is 6.42. The molecule has 0 aromatic heterocycles. The van der Waals surface area contributed by atoms with Crippen LogP contribution in [0.25, 0.3) is 0 Å². The Hall–Kier alpha value is -3.34. The maximum Gasteiger partial charge on any atom is 0.323 e. The molecule has 0 radical (unpaired) electrons. The number of ketones is 1. The first kappa shape index (κ1) is 29.2. The lowest BCUT2D eigenvalue weighted by Crippen LogP contribution is -2.37. The summed E-state index contributed by atoms with van der Waals surface area (Å²) in [6.45, 7) is 8.64. The van der Waals surface area contributed by atoms with Gasteiger partial charge in [-0.1, -0.05) is 13.8 Å². The molecular weight excluding hydrogens is 561 g/mol. The van der Waals surface area contributed by atoms with Crippen LogP contribution in [-0.2, 0) is 11.3 Å². The van der Waals surface area contributed by atoms with E-state index in [2.05, 4.69) is 0 Å². The lowest BCUT2D eigenvalue weighted by atomic mass is 9.95. The third-order valence-corrected chi connectivity index (χ3v) is 6.42. The number of carboxylic acid groups (broad SMARTS) is 1. The van der Waals surface area contributed by atoms with Crippen molar-refractivity contribution in [2.45, 2.75) is 40.2 Å². The zero-order valence-corrected chi connectivity index (χ0v) is 23.6. The fourth-order valence-electron chi connectivity index (χ4n) is 4.75. The van der Waals surface area contributed by atoms with E-state index in [1.54, 1.807) is 36.9 Å². The van der Waals surface area contributed by atoms with Gasteiger partial charge in [-0.15, -0.1) is 17.0 Å². The smallest absolute Gasteiger partial charge is 0.323 e. The Balaban J connectivity index is 0.00000400. The van der Waals surface area contributed by atoms with E-state index in [0.29, 0.717) is 42.3 Å². The summed E-state index contributed by atoms with van der Waals surface area (Å²) in [5.41, 5.74) is 2.42. The summed E-state index contributed by atoms with van der Waals surface area (Å²) in [4.78, 5) is 28.1. The summed E-state index contributed by atoms with van der Waals surface area (Å²) in [5, 5.41) is 18.0. The van der Waals surface area contributed by atoms with E-state index in [1.165, 1.54) is 4.90 Å². The molecule has 0 spiro atoms. The second kappa shape index (κ2) is 12.0. The highest BCUT2D eigenvalue weighted by atomic mass is 79.9. The molecule has 0 bridgehead atoms. The number of hydrogen-bond donors (Lipinski definition) is 2. The SMILES string of the molecule is Br.CCOc1cc2c(c(F)c1OCC)C(=N)N(CC(=O)c1cc(C(C)C)c3c(c1)N(CC(=O)O)CCO3)C2. The van der Waals surface area contributed by atoms with Crippen LogP contribution in [0.5, 0.6) is 17.2 Å². The first-order valence-corrected chi connectivity index (χ1v) is 12.4. The van der Waals surface area contributed by atoms with Crippen molar-refractivity contribution in [3.63, 3.8) is 0 Å². The second-order valence-electron chi connectivity index (χ2n) is 9.28. The predicted molar refractivity (Wildman–Crippen MR) is 147 cm³/mol. The maximum atomic E-state index is 15.4. The predicted octanol–water partition coefficient (Wildman–Crippen LogP) is 4.63. The van der Waals surface area contributed by atoms with E-state index in [4.69, 9.17) is 19.6 Å². The van der Waals surface area contributed by atoms with Gasteiger partial charge in [0, 0.05) is 12.1 Å². The number of Topliss-reactive ketones (excluding diaryl/α,β-unsaturated/α-hetero) is 1. The quantitative estimate of drug-likeness (QED) is 0.383. The lowest BCUT2D eigenvalue weighted by molar-refractivity contribution is -0.135. The number of amidine groups is 1. The van der Waals surface area contributed by atoms with Gasteiger partial charge in [-0.05, 0) is 49.1 Å². The molecule has 2 aliphatic heterocycles. The molecule has 0 aliphatic carbocycles. The number of hydrogen-bond acceptors (Lipinski definition) is 7. The van der Waals surface area contributed by atoms with Gasteiger partial charge in [0.15, 0.2) is 23.1 Å². The molecule has 4 rings (SSSR count). The summed E-state index contributed by atoms with van der Waals surface area (Å²) < 4.78 is 32.3. The number of ether oxygens (including phenoxy) is 3. The Labute approximate surface area is 231 Å². The highest BCUT2D eigenvalue weighted by Gasteiger charge is 2.34. The molecule has 0 saturated heterocycles. The van der Waals surface area contributed by atoms with E-state index in [0.717, 1.165) is 5.56 Å². The summed E-state index contributed by atoms with van der Waals surface area (Å²) in [5.74, 6) is -1.13. The summed E-state index contributed by atoms with van der Waals surface area (Å²) >= 11 is 0. The molecular formula is C27H33BrFN3O6. The molecule has 0 unspecified atom stereocenters. The van der Waals surface area contributed by atoms with Crippen LogP contribution in [0.2, 0.25) is 0 Å². The van der Waals surface area contributed by atoms with Crippen LogP contribution in [-0.4, -0.2) is 67.0 Å². The van der Waals surface area contributed by atoms with E-state index in [1.807, 2.05) is 13.8 Å². The van der Waals surface area contributed by atoms with E-state index in [-0.39, 0.29) is 77.8 Å². The topological polar surface area (TPSA) is 112 Å². The molecule has 11 heteroatoms. The lowest BCUT2D eigenvalue weighted by Gasteiger charge is -2.32. The maximum absolute atomic E-state index is 15.4. The van der Waals surface area contributed by atoms with Gasteiger partial charge in [0.2, 0.25) is 0 Å². The number of fused-ring (bicyclic) bond motifs is 2. The molecule has 0 fully saturated rings. The number of aliphatic carboxylic acids is 1. The van der Waals surface area contributed by atoms with Gasteiger partial charge in [-0.25, -0.2) is 4.39 Å². The Morgan fingerprint density at radius 2 is 1.84 bits per heavy atom. The molecule has 2 heterocycles. The first-order valence-electron chi connectivity index (χ1n) is 12.4.